The van der Waals surface area contributed by atoms with Gasteiger partial charge in [-0.15, -0.1) is 0 Å². The smallest absolute Gasteiger partial charge is 0.165 e. The summed E-state index contributed by atoms with van der Waals surface area (Å²) in [6, 6.07) is 44.0. The monoisotopic (exact) mass is 1210 g/mol. The van der Waals surface area contributed by atoms with Crippen LogP contribution in [0.4, 0.5) is 28.7 Å². The van der Waals surface area contributed by atoms with Crippen LogP contribution in [-0.4, -0.2) is 116 Å². The maximum absolute atomic E-state index is 10.4. The number of Topliss-reactive ketones (excluding diaryl/α,β-unsaturated/α-hetero) is 1. The van der Waals surface area contributed by atoms with Crippen molar-refractivity contribution >= 4 is 68.0 Å². The Hall–Kier alpha value is -10.4. The van der Waals surface area contributed by atoms with E-state index in [4.69, 9.17) is 45.9 Å². The van der Waals surface area contributed by atoms with Gasteiger partial charge in [0.2, 0.25) is 0 Å². The van der Waals surface area contributed by atoms with Crippen molar-refractivity contribution in [3.05, 3.63) is 186 Å². The zero-order valence-corrected chi connectivity index (χ0v) is 51.5. The van der Waals surface area contributed by atoms with Gasteiger partial charge in [0.25, 0.3) is 0 Å². The maximum Gasteiger partial charge on any atom is 0.165 e. The van der Waals surface area contributed by atoms with Gasteiger partial charge in [0.05, 0.1) is 30.3 Å². The minimum atomic E-state index is 0.339. The fraction of sp³-hybridized carbons (Fsp3) is 0.268. The number of nitrogens with two attached hydrogens (primary N) is 2. The van der Waals surface area contributed by atoms with Crippen LogP contribution in [-0.2, 0) is 33.5 Å². The third kappa shape index (κ3) is 12.1. The quantitative estimate of drug-likeness (QED) is 0.116. The lowest BCUT2D eigenvalue weighted by Crippen LogP contribution is -2.38. The molecule has 6 N–H and O–H groups in total. The highest BCUT2D eigenvalue weighted by Crippen LogP contribution is 2.36. The fourth-order valence-corrected chi connectivity index (χ4v) is 12.9. The van der Waals surface area contributed by atoms with E-state index >= 15 is 0 Å². The van der Waals surface area contributed by atoms with Crippen LogP contribution in [0.1, 0.15) is 65.5 Å². The Labute approximate surface area is 526 Å². The molecule has 5 aliphatic rings. The highest BCUT2D eigenvalue weighted by molar-refractivity contribution is 5.82. The number of carbonyl (C=O) groups is 1. The summed E-state index contributed by atoms with van der Waals surface area (Å²) < 4.78 is 16.9. The number of ketones is 1. The minimum absolute atomic E-state index is 0.339. The number of rotatable bonds is 7. The predicted molar refractivity (Wildman–Crippen MR) is 358 cm³/mol. The number of nitrogen functional groups attached to an aromatic ring is 2. The first-order chi connectivity index (χ1) is 44.4. The van der Waals surface area contributed by atoms with Crippen LogP contribution >= 0.6 is 0 Å². The number of imidazole rings is 3. The molecule has 0 aliphatic carbocycles. The Morgan fingerprint density at radius 1 is 0.451 bits per heavy atom. The second kappa shape index (κ2) is 25.2. The second-order valence-electron chi connectivity index (χ2n) is 23.5. The largest absolute Gasteiger partial charge is 0.384 e. The third-order valence-corrected chi connectivity index (χ3v) is 17.4. The van der Waals surface area contributed by atoms with Crippen molar-refractivity contribution in [1.82, 2.24) is 58.6 Å². The van der Waals surface area contributed by atoms with Gasteiger partial charge in [-0.1, -0.05) is 0 Å². The van der Waals surface area contributed by atoms with E-state index in [1.54, 1.807) is 12.4 Å². The summed E-state index contributed by atoms with van der Waals surface area (Å²) in [4.78, 5) is 54.3. The molecule has 2 saturated heterocycles. The topological polar surface area (TPSA) is 246 Å². The number of anilines is 5. The summed E-state index contributed by atoms with van der Waals surface area (Å²) >= 11 is 0. The number of ether oxygens (including phenoxy) is 2. The van der Waals surface area contributed by atoms with Crippen LogP contribution in [0, 0.1) is 27.7 Å². The lowest BCUT2D eigenvalue weighted by molar-refractivity contribution is -0.124. The zero-order chi connectivity index (χ0) is 62.1. The van der Waals surface area contributed by atoms with Gasteiger partial charge in [0, 0.05) is 127 Å². The van der Waals surface area contributed by atoms with Gasteiger partial charge in [0.15, 0.2) is 16.9 Å². The predicted octanol–water partition coefficient (Wildman–Crippen LogP) is 11.7. The number of pyridine rings is 6. The number of fused-ring (bicyclic) bond motifs is 6. The van der Waals surface area contributed by atoms with Gasteiger partial charge in [-0.05, 0) is 204 Å². The van der Waals surface area contributed by atoms with E-state index in [2.05, 4.69) is 110 Å². The molecule has 9 aromatic heterocycles. The summed E-state index contributed by atoms with van der Waals surface area (Å²) in [7, 11) is 0. The molecular formula is C71H71N17O3. The number of benzene rings is 3. The third-order valence-electron chi connectivity index (χ3n) is 17.4. The Morgan fingerprint density at radius 3 is 1.34 bits per heavy atom. The molecule has 0 unspecified atom stereocenters. The first-order valence-corrected chi connectivity index (χ1v) is 31.2. The van der Waals surface area contributed by atoms with E-state index in [1.807, 2.05) is 101 Å². The first kappa shape index (κ1) is 58.3. The van der Waals surface area contributed by atoms with E-state index in [0.29, 0.717) is 49.5 Å². The molecule has 0 radical (unpaired) electrons. The van der Waals surface area contributed by atoms with Crippen LogP contribution in [0.3, 0.4) is 0 Å². The van der Waals surface area contributed by atoms with E-state index in [9.17, 15) is 4.79 Å². The van der Waals surface area contributed by atoms with Crippen LogP contribution < -0.4 is 27.0 Å². The SMILES string of the molecule is Cc1cc(-c2ccc3nc(C)n(-c4ccc5c(c4)CCN5)c3n2)ccn1.Cc1nc2ccc(-c3ccnc(N)c3)nc2n1-c1ccc2c(c1)CCN2.Cc1nc2ccc(-c3ccnc(N)c3)nc2n1-c1ccc2c(c1)CCN2C1CCOCC1.O=C1CCOCC1. The van der Waals surface area contributed by atoms with Crippen LogP contribution in [0.25, 0.3) is 84.3 Å². The van der Waals surface area contributed by atoms with Gasteiger partial charge < -0.3 is 36.5 Å². The minimum Gasteiger partial charge on any atom is -0.384 e. The average molecular weight is 1210 g/mol. The van der Waals surface area contributed by atoms with Crippen molar-refractivity contribution in [3.63, 3.8) is 0 Å². The molecule has 0 amide bonds. The Balaban J connectivity index is 0.000000113. The second-order valence-corrected chi connectivity index (χ2v) is 23.5. The molecule has 458 valence electrons. The highest BCUT2D eigenvalue weighted by Gasteiger charge is 2.29. The lowest BCUT2D eigenvalue weighted by Gasteiger charge is -2.33. The van der Waals surface area contributed by atoms with Gasteiger partial charge in [-0.2, -0.15) is 0 Å². The summed E-state index contributed by atoms with van der Waals surface area (Å²) in [5.74, 6) is 4.11. The van der Waals surface area contributed by atoms with Gasteiger partial charge >= 0.3 is 0 Å². The molecule has 20 nitrogen and oxygen atoms in total. The fourth-order valence-electron chi connectivity index (χ4n) is 12.9. The van der Waals surface area contributed by atoms with Gasteiger partial charge in [-0.25, -0.2) is 39.9 Å². The van der Waals surface area contributed by atoms with Crippen molar-refractivity contribution in [3.8, 4) is 50.8 Å². The van der Waals surface area contributed by atoms with E-state index in [1.165, 1.54) is 33.8 Å². The molecule has 12 aromatic rings. The van der Waals surface area contributed by atoms with Gasteiger partial charge in [0.1, 0.15) is 51.4 Å². The molecule has 0 atom stereocenters. The number of nitrogens with one attached hydrogen (secondary N) is 2. The molecule has 14 heterocycles. The highest BCUT2D eigenvalue weighted by atomic mass is 16.5. The van der Waals surface area contributed by atoms with Crippen LogP contribution in [0.5, 0.6) is 0 Å². The van der Waals surface area contributed by atoms with Crippen molar-refractivity contribution in [1.29, 1.82) is 0 Å². The molecule has 91 heavy (non-hydrogen) atoms. The molecular weight excluding hydrogens is 1140 g/mol. The average Bonchev–Trinajstić information content (AvgIpc) is 2.10. The molecule has 2 fully saturated rings. The summed E-state index contributed by atoms with van der Waals surface area (Å²) in [5.41, 5.74) is 34.8. The number of nitrogens with zero attached hydrogens (tertiary/aromatic N) is 13. The van der Waals surface area contributed by atoms with Crippen LogP contribution in [0.2, 0.25) is 0 Å². The maximum atomic E-state index is 10.4. The summed E-state index contributed by atoms with van der Waals surface area (Å²) in [6.07, 6.45) is 11.9. The molecule has 17 rings (SSSR count). The van der Waals surface area contributed by atoms with Crippen LogP contribution in [0.15, 0.2) is 146 Å². The van der Waals surface area contributed by atoms with Crippen molar-refractivity contribution in [2.24, 2.45) is 0 Å². The lowest BCUT2D eigenvalue weighted by atomic mass is 10.1. The standard InChI is InChI=1S/C25H26N6O.C21H19N5.C20H18N6.C5H8O2/c1-16-28-22-4-3-21(17-6-10-27-24(26)15-17)29-25(22)31(16)20-2-5-23-18(14-20)7-11-30(23)19-8-12-32-13-9-19;1-13-11-15(7-9-22-13)19-5-6-20-21(25-19)26(14(2)24-20)17-3-4-18-16(12-17)8-10-23-18;1-12-24-18-5-4-17(14-7-9-23-19(21)11-14)25-20(18)26(12)15-2-3-16-13(10-15)6-8-22-16;6-5-1-3-7-4-2-5/h2-6,10,14-15,19H,7-9,11-13H2,1H3,(H2,26,27);3-7,9,11-12,23H,8,10H2,1-2H3;2-5,7,9-11,22H,6,8H2,1H3,(H2,21,23);1-4H2. The Bertz CT molecular complexity index is 4530. The Morgan fingerprint density at radius 2 is 0.890 bits per heavy atom. The number of carbonyl (C=O) groups excluding carboxylic acids is 1. The summed E-state index contributed by atoms with van der Waals surface area (Å²) in [5, 5.41) is 6.82. The zero-order valence-electron chi connectivity index (χ0n) is 51.5. The number of hydrogen-bond acceptors (Lipinski definition) is 17. The molecule has 0 spiro atoms. The van der Waals surface area contributed by atoms with Crippen molar-refractivity contribution in [2.75, 3.05) is 73.1 Å². The van der Waals surface area contributed by atoms with Crippen molar-refractivity contribution < 1.29 is 14.3 Å². The van der Waals surface area contributed by atoms with Gasteiger partial charge in [-0.3, -0.25) is 23.5 Å². The molecule has 20 heteroatoms. The summed E-state index contributed by atoms with van der Waals surface area (Å²) in [6.45, 7) is 14.2. The molecule has 0 saturated carbocycles. The number of aromatic nitrogens is 12. The van der Waals surface area contributed by atoms with Crippen molar-refractivity contribution in [2.45, 2.75) is 78.7 Å². The number of aryl methyl sites for hydroxylation is 4. The molecule has 3 aromatic carbocycles. The van der Waals surface area contributed by atoms with E-state index in [-0.39, 0.29) is 0 Å². The number of hydrogen-bond donors (Lipinski definition) is 4. The molecule has 0 bridgehead atoms. The van der Waals surface area contributed by atoms with E-state index < -0.39 is 0 Å². The first-order valence-electron chi connectivity index (χ1n) is 31.2. The Kier molecular flexibility index (Phi) is 16.1. The molecule has 5 aliphatic heterocycles. The van der Waals surface area contributed by atoms with E-state index in [0.717, 1.165) is 172 Å². The normalized spacial score (nSPS) is 15.0.